The van der Waals surface area contributed by atoms with Gasteiger partial charge < -0.3 is 14.5 Å². The third-order valence-corrected chi connectivity index (χ3v) is 6.47. The lowest BCUT2D eigenvalue weighted by Crippen LogP contribution is -2.49. The quantitative estimate of drug-likeness (QED) is 0.198. The van der Waals surface area contributed by atoms with Gasteiger partial charge in [-0.15, -0.1) is 0 Å². The van der Waals surface area contributed by atoms with E-state index in [1.165, 1.54) is 12.3 Å². The largest absolute Gasteiger partial charge is 0.479 e. The summed E-state index contributed by atoms with van der Waals surface area (Å²) in [6, 6.07) is 12.5. The van der Waals surface area contributed by atoms with Gasteiger partial charge in [-0.2, -0.15) is 5.10 Å². The van der Waals surface area contributed by atoms with E-state index in [1.807, 2.05) is 13.8 Å². The number of halogens is 4. The SMILES string of the molecule is CC(C)C[C@H](NC(=O)[C@H](C)Oc1ccc(Cl)cc1Cl)C(=O)N/N=C\c1ccc(-c2cccc(Cl)c2Cl)o1. The number of carbonyl (C=O) groups excluding carboxylic acids is 2. The molecule has 2 N–H and O–H groups in total. The number of carbonyl (C=O) groups is 2. The van der Waals surface area contributed by atoms with Crippen LogP contribution in [0.4, 0.5) is 0 Å². The second-order valence-corrected chi connectivity index (χ2v) is 10.2. The van der Waals surface area contributed by atoms with Crippen LogP contribution in [0.15, 0.2) is 58.0 Å². The van der Waals surface area contributed by atoms with E-state index in [-0.39, 0.29) is 10.9 Å². The molecule has 1 heterocycles. The Hall–Kier alpha value is -2.71. The van der Waals surface area contributed by atoms with Gasteiger partial charge in [0.2, 0.25) is 0 Å². The molecular weight excluding hydrogens is 560 g/mol. The molecule has 7 nitrogen and oxygen atoms in total. The van der Waals surface area contributed by atoms with Crippen LogP contribution in [0.2, 0.25) is 20.1 Å². The van der Waals surface area contributed by atoms with Crippen LogP contribution in [0.5, 0.6) is 5.75 Å². The van der Waals surface area contributed by atoms with Gasteiger partial charge in [0.25, 0.3) is 11.8 Å². The number of hydrogen-bond donors (Lipinski definition) is 2. The average Bonchev–Trinajstić information content (AvgIpc) is 3.30. The molecule has 0 saturated carbocycles. The number of ether oxygens (including phenoxy) is 1. The lowest BCUT2D eigenvalue weighted by Gasteiger charge is -2.22. The van der Waals surface area contributed by atoms with Crippen molar-refractivity contribution in [2.75, 3.05) is 0 Å². The van der Waals surface area contributed by atoms with E-state index in [4.69, 9.17) is 55.6 Å². The number of furan rings is 1. The normalized spacial score (nSPS) is 13.0. The first-order valence-electron chi connectivity index (χ1n) is 11.3. The Labute approximate surface area is 235 Å². The number of benzene rings is 2. The Balaban J connectivity index is 1.62. The maximum absolute atomic E-state index is 12.8. The zero-order valence-corrected chi connectivity index (χ0v) is 23.3. The van der Waals surface area contributed by atoms with Crippen LogP contribution in [0.1, 0.15) is 33.0 Å². The molecule has 0 aliphatic heterocycles. The zero-order chi connectivity index (χ0) is 27.1. The molecule has 0 unspecified atom stereocenters. The van der Waals surface area contributed by atoms with Gasteiger partial charge in [0, 0.05) is 10.6 Å². The minimum Gasteiger partial charge on any atom is -0.479 e. The number of hydrazone groups is 1. The molecule has 0 saturated heterocycles. The fourth-order valence-corrected chi connectivity index (χ4v) is 4.15. The highest BCUT2D eigenvalue weighted by atomic mass is 35.5. The Morgan fingerprint density at radius 3 is 2.46 bits per heavy atom. The maximum atomic E-state index is 12.8. The summed E-state index contributed by atoms with van der Waals surface area (Å²) in [5, 5.41) is 8.19. The van der Waals surface area contributed by atoms with Gasteiger partial charge in [0.05, 0.1) is 21.3 Å². The predicted octanol–water partition coefficient (Wildman–Crippen LogP) is 7.01. The zero-order valence-electron chi connectivity index (χ0n) is 20.2. The molecule has 0 bridgehead atoms. The van der Waals surface area contributed by atoms with E-state index in [2.05, 4.69) is 15.8 Å². The van der Waals surface area contributed by atoms with Gasteiger partial charge in [0.15, 0.2) is 6.10 Å². The highest BCUT2D eigenvalue weighted by molar-refractivity contribution is 6.43. The molecule has 2 amide bonds. The van der Waals surface area contributed by atoms with Gasteiger partial charge >= 0.3 is 0 Å². The smallest absolute Gasteiger partial charge is 0.262 e. The summed E-state index contributed by atoms with van der Waals surface area (Å²) < 4.78 is 11.4. The highest BCUT2D eigenvalue weighted by Gasteiger charge is 2.25. The predicted molar refractivity (Wildman–Crippen MR) is 148 cm³/mol. The molecule has 37 heavy (non-hydrogen) atoms. The third kappa shape index (κ3) is 8.14. The van der Waals surface area contributed by atoms with Crippen molar-refractivity contribution in [1.82, 2.24) is 10.7 Å². The summed E-state index contributed by atoms with van der Waals surface area (Å²) in [4.78, 5) is 25.6. The van der Waals surface area contributed by atoms with Crippen LogP contribution in [0.3, 0.4) is 0 Å². The van der Waals surface area contributed by atoms with Crippen molar-refractivity contribution in [3.05, 3.63) is 74.4 Å². The Morgan fingerprint density at radius 1 is 1.00 bits per heavy atom. The van der Waals surface area contributed by atoms with Crippen molar-refractivity contribution in [1.29, 1.82) is 0 Å². The fraction of sp³-hybridized carbons (Fsp3) is 0.269. The maximum Gasteiger partial charge on any atom is 0.262 e. The molecule has 2 aromatic carbocycles. The van der Waals surface area contributed by atoms with Crippen LogP contribution in [0.25, 0.3) is 11.3 Å². The molecule has 2 atom stereocenters. The molecule has 0 spiro atoms. The Morgan fingerprint density at radius 2 is 1.76 bits per heavy atom. The first kappa shape index (κ1) is 28.9. The number of nitrogens with zero attached hydrogens (tertiary/aromatic N) is 1. The number of hydrogen-bond acceptors (Lipinski definition) is 5. The van der Waals surface area contributed by atoms with Gasteiger partial charge in [-0.3, -0.25) is 9.59 Å². The van der Waals surface area contributed by atoms with E-state index in [0.717, 1.165) is 0 Å². The van der Waals surface area contributed by atoms with E-state index in [9.17, 15) is 9.59 Å². The summed E-state index contributed by atoms with van der Waals surface area (Å²) in [5.74, 6) is 0.347. The van der Waals surface area contributed by atoms with Crippen molar-refractivity contribution in [2.45, 2.75) is 39.3 Å². The lowest BCUT2D eigenvalue weighted by atomic mass is 10.0. The highest BCUT2D eigenvalue weighted by Crippen LogP contribution is 2.34. The minimum atomic E-state index is -0.913. The molecule has 1 aromatic heterocycles. The van der Waals surface area contributed by atoms with Crippen molar-refractivity contribution in [3.8, 4) is 17.1 Å². The van der Waals surface area contributed by atoms with Gasteiger partial charge in [-0.05, 0) is 61.7 Å². The molecule has 3 aromatic rings. The summed E-state index contributed by atoms with van der Waals surface area (Å²) in [5.41, 5.74) is 3.08. The summed E-state index contributed by atoms with van der Waals surface area (Å²) in [6.45, 7) is 5.44. The second-order valence-electron chi connectivity index (χ2n) is 8.56. The van der Waals surface area contributed by atoms with Gasteiger partial charge in [0.1, 0.15) is 23.3 Å². The molecule has 0 fully saturated rings. The molecule has 196 valence electrons. The third-order valence-electron chi connectivity index (χ3n) is 5.12. The minimum absolute atomic E-state index is 0.122. The van der Waals surface area contributed by atoms with Crippen molar-refractivity contribution < 1.29 is 18.7 Å². The molecule has 11 heteroatoms. The van der Waals surface area contributed by atoms with Crippen LogP contribution in [-0.4, -0.2) is 30.2 Å². The van der Waals surface area contributed by atoms with Crippen LogP contribution >= 0.6 is 46.4 Å². The fourth-order valence-electron chi connectivity index (χ4n) is 3.31. The van der Waals surface area contributed by atoms with Crippen LogP contribution in [-0.2, 0) is 9.59 Å². The van der Waals surface area contributed by atoms with Crippen LogP contribution < -0.4 is 15.5 Å². The first-order chi connectivity index (χ1) is 17.5. The Bertz CT molecular complexity index is 1290. The standard InChI is InChI=1S/C26H25Cl4N3O4/c1-14(2)11-21(32-25(34)15(3)36-23-9-7-16(27)12-20(23)29)26(35)33-31-13-17-8-10-22(37-17)18-5-4-6-19(28)24(18)30/h4-10,12-15,21H,11H2,1-3H3,(H,32,34)(H,33,35)/b31-13-/t15-,21-/m0/s1. The Kier molecular flexibility index (Phi) is 10.3. The average molecular weight is 585 g/mol. The number of rotatable bonds is 10. The first-order valence-corrected chi connectivity index (χ1v) is 12.9. The van der Waals surface area contributed by atoms with Crippen molar-refractivity contribution in [3.63, 3.8) is 0 Å². The lowest BCUT2D eigenvalue weighted by molar-refractivity contribution is -0.132. The summed E-state index contributed by atoms with van der Waals surface area (Å²) >= 11 is 24.3. The summed E-state index contributed by atoms with van der Waals surface area (Å²) in [7, 11) is 0. The van der Waals surface area contributed by atoms with E-state index < -0.39 is 24.0 Å². The molecule has 0 aliphatic carbocycles. The summed E-state index contributed by atoms with van der Waals surface area (Å²) in [6.07, 6.45) is 0.826. The molecule has 0 aliphatic rings. The van der Waals surface area contributed by atoms with Crippen LogP contribution in [0, 0.1) is 5.92 Å². The van der Waals surface area contributed by atoms with E-state index in [0.29, 0.717) is 44.3 Å². The monoisotopic (exact) mass is 583 g/mol. The van der Waals surface area contributed by atoms with E-state index >= 15 is 0 Å². The second kappa shape index (κ2) is 13.2. The topological polar surface area (TPSA) is 92.9 Å². The molecule has 3 rings (SSSR count). The van der Waals surface area contributed by atoms with Crippen molar-refractivity contribution in [2.24, 2.45) is 11.0 Å². The molecular formula is C26H25Cl4N3O4. The number of amides is 2. The van der Waals surface area contributed by atoms with E-state index in [1.54, 1.807) is 49.4 Å². The van der Waals surface area contributed by atoms with Gasteiger partial charge in [-0.25, -0.2) is 5.43 Å². The van der Waals surface area contributed by atoms with Crippen molar-refractivity contribution >= 4 is 64.4 Å². The molecule has 0 radical (unpaired) electrons. The van der Waals surface area contributed by atoms with Gasteiger partial charge in [-0.1, -0.05) is 66.3 Å². The number of nitrogens with one attached hydrogen (secondary N) is 2.